The lowest BCUT2D eigenvalue weighted by Gasteiger charge is -2.41. The van der Waals surface area contributed by atoms with E-state index in [0.717, 1.165) is 48.5 Å². The zero-order valence-corrected chi connectivity index (χ0v) is 22.8. The van der Waals surface area contributed by atoms with E-state index < -0.39 is 0 Å². The molecule has 1 unspecified atom stereocenters. The van der Waals surface area contributed by atoms with Crippen molar-refractivity contribution in [1.82, 2.24) is 19.5 Å². The predicted octanol–water partition coefficient (Wildman–Crippen LogP) is 6.81. The molecule has 2 atom stereocenters. The molecule has 0 saturated heterocycles. The zero-order valence-electron chi connectivity index (χ0n) is 22.8. The lowest BCUT2D eigenvalue weighted by molar-refractivity contribution is -0.139. The molecule has 3 heterocycles. The number of hydrogen-bond donors (Lipinski definition) is 0. The summed E-state index contributed by atoms with van der Waals surface area (Å²) >= 11 is 0. The van der Waals surface area contributed by atoms with Gasteiger partial charge in [0.1, 0.15) is 0 Å². The fourth-order valence-corrected chi connectivity index (χ4v) is 6.48. The average Bonchev–Trinajstić information content (AvgIpc) is 3.24. The third-order valence-corrected chi connectivity index (χ3v) is 8.20. The van der Waals surface area contributed by atoms with Crippen LogP contribution in [0.5, 0.6) is 0 Å². The van der Waals surface area contributed by atoms with Crippen LogP contribution in [0.3, 0.4) is 0 Å². The Morgan fingerprint density at radius 1 is 1.08 bits per heavy atom. The van der Waals surface area contributed by atoms with Gasteiger partial charge in [-0.3, -0.25) is 4.79 Å². The van der Waals surface area contributed by atoms with Crippen LogP contribution in [0.25, 0.3) is 5.65 Å². The Morgan fingerprint density at radius 3 is 2.44 bits per heavy atom. The molecule has 1 aliphatic carbocycles. The van der Waals surface area contributed by atoms with Gasteiger partial charge >= 0.3 is 0 Å². The molecule has 1 fully saturated rings. The Bertz CT molecular complexity index is 1230. The van der Waals surface area contributed by atoms with Gasteiger partial charge in [-0.05, 0) is 49.3 Å². The van der Waals surface area contributed by atoms with E-state index in [-0.39, 0.29) is 17.4 Å². The van der Waals surface area contributed by atoms with Gasteiger partial charge < -0.3 is 9.80 Å². The number of carbonyl (C=O) groups excluding carboxylic acids is 1. The van der Waals surface area contributed by atoms with Crippen molar-refractivity contribution in [3.05, 3.63) is 53.5 Å². The van der Waals surface area contributed by atoms with Crippen molar-refractivity contribution >= 4 is 22.9 Å². The maximum absolute atomic E-state index is 13.5. The van der Waals surface area contributed by atoms with Gasteiger partial charge in [0, 0.05) is 37.2 Å². The minimum absolute atomic E-state index is 0.0305. The summed E-state index contributed by atoms with van der Waals surface area (Å²) in [6.07, 6.45) is 8.74. The van der Waals surface area contributed by atoms with Crippen molar-refractivity contribution in [1.29, 1.82) is 0 Å². The molecule has 2 aliphatic rings. The maximum Gasteiger partial charge on any atom is 0.225 e. The number of fused-ring (bicyclic) bond motifs is 3. The lowest BCUT2D eigenvalue weighted by Crippen LogP contribution is -2.42. The normalized spacial score (nSPS) is 19.8. The summed E-state index contributed by atoms with van der Waals surface area (Å²) in [6, 6.07) is 10.9. The highest BCUT2D eigenvalue weighted by Crippen LogP contribution is 2.42. The quantitative estimate of drug-likeness (QED) is 0.406. The van der Waals surface area contributed by atoms with Crippen LogP contribution in [0.2, 0.25) is 0 Å². The molecule has 3 aromatic rings. The van der Waals surface area contributed by atoms with Crippen LogP contribution < -0.4 is 4.90 Å². The van der Waals surface area contributed by atoms with Crippen LogP contribution in [-0.2, 0) is 4.79 Å². The van der Waals surface area contributed by atoms with Gasteiger partial charge in [0.05, 0.1) is 29.3 Å². The summed E-state index contributed by atoms with van der Waals surface area (Å²) in [4.78, 5) is 22.6. The topological polar surface area (TPSA) is 53.7 Å². The number of nitrogens with zero attached hydrogens (tertiary/aromatic N) is 5. The molecule has 1 amide bonds. The molecule has 0 bridgehead atoms. The van der Waals surface area contributed by atoms with Crippen molar-refractivity contribution in [2.45, 2.75) is 85.1 Å². The fourth-order valence-electron chi connectivity index (χ4n) is 6.48. The van der Waals surface area contributed by atoms with Gasteiger partial charge in [-0.1, -0.05) is 59.1 Å². The number of amides is 1. The molecule has 0 N–H and O–H groups in total. The van der Waals surface area contributed by atoms with Crippen LogP contribution in [0.4, 0.5) is 11.4 Å². The highest BCUT2D eigenvalue weighted by atomic mass is 16.2. The van der Waals surface area contributed by atoms with E-state index in [2.05, 4.69) is 56.9 Å². The Kier molecular flexibility index (Phi) is 6.56. The lowest BCUT2D eigenvalue weighted by atomic mass is 9.80. The Morgan fingerprint density at radius 2 is 1.78 bits per heavy atom. The fraction of sp³-hybridized carbons (Fsp3) is 0.567. The van der Waals surface area contributed by atoms with Gasteiger partial charge in [0.25, 0.3) is 0 Å². The largest absolute Gasteiger partial charge is 0.339 e. The number of anilines is 2. The van der Waals surface area contributed by atoms with Crippen molar-refractivity contribution in [3.63, 3.8) is 0 Å². The highest BCUT2D eigenvalue weighted by Gasteiger charge is 2.36. The molecule has 0 spiro atoms. The zero-order chi connectivity index (χ0) is 25.6. The second-order valence-corrected chi connectivity index (χ2v) is 12.1. The van der Waals surface area contributed by atoms with Gasteiger partial charge in [-0.2, -0.15) is 5.10 Å². The van der Waals surface area contributed by atoms with Gasteiger partial charge in [0.15, 0.2) is 5.65 Å². The number of aromatic nitrogens is 3. The molecule has 5 rings (SSSR count). The second-order valence-electron chi connectivity index (χ2n) is 12.1. The molecule has 6 heteroatoms. The summed E-state index contributed by atoms with van der Waals surface area (Å²) in [6.45, 7) is 12.0. The number of benzene rings is 1. The van der Waals surface area contributed by atoms with Gasteiger partial charge in [-0.25, -0.2) is 9.50 Å². The van der Waals surface area contributed by atoms with Crippen molar-refractivity contribution in [2.75, 3.05) is 18.5 Å². The van der Waals surface area contributed by atoms with Crippen LogP contribution in [0, 0.1) is 18.3 Å². The standard InChI is InChI=1S/C30H41N5O/c1-20-16-17-34(25-19-31-26-18-21(2)32-35(26)27(20)25)24-14-12-22(13-15-24)28(30(3,4)5)33(6)29(36)23-10-8-7-9-11-23/h12-15,18-20,23,28H,7-11,16-17H2,1-6H3/t20?,28-/m0/s1. The Balaban J connectivity index is 1.45. The van der Waals surface area contributed by atoms with E-state index in [1.807, 2.05) is 35.6 Å². The molecular weight excluding hydrogens is 446 g/mol. The van der Waals surface area contributed by atoms with Crippen molar-refractivity contribution in [3.8, 4) is 0 Å². The van der Waals surface area contributed by atoms with Crippen molar-refractivity contribution in [2.24, 2.45) is 11.3 Å². The smallest absolute Gasteiger partial charge is 0.225 e. The minimum Gasteiger partial charge on any atom is -0.339 e. The molecule has 1 aromatic carbocycles. The molecule has 36 heavy (non-hydrogen) atoms. The summed E-state index contributed by atoms with van der Waals surface area (Å²) < 4.78 is 2.03. The molecule has 1 aliphatic heterocycles. The molecule has 6 nitrogen and oxygen atoms in total. The van der Waals surface area contributed by atoms with Crippen LogP contribution in [0.15, 0.2) is 36.5 Å². The van der Waals surface area contributed by atoms with Gasteiger partial charge in [0.2, 0.25) is 5.91 Å². The second kappa shape index (κ2) is 9.53. The van der Waals surface area contributed by atoms with E-state index in [4.69, 9.17) is 10.1 Å². The summed E-state index contributed by atoms with van der Waals surface area (Å²) in [5, 5.41) is 4.73. The summed E-state index contributed by atoms with van der Waals surface area (Å²) in [7, 11) is 2.01. The van der Waals surface area contributed by atoms with E-state index in [1.165, 1.54) is 30.5 Å². The Hall–Kier alpha value is -2.89. The summed E-state index contributed by atoms with van der Waals surface area (Å²) in [5.41, 5.74) is 6.55. The van der Waals surface area contributed by atoms with E-state index >= 15 is 0 Å². The molecular formula is C30H41N5O. The number of rotatable bonds is 4. The third-order valence-electron chi connectivity index (χ3n) is 8.20. The number of hydrogen-bond acceptors (Lipinski definition) is 4. The first-order valence-electron chi connectivity index (χ1n) is 13.6. The van der Waals surface area contributed by atoms with Crippen LogP contribution in [0.1, 0.15) is 95.1 Å². The molecule has 2 aromatic heterocycles. The van der Waals surface area contributed by atoms with E-state index in [9.17, 15) is 4.79 Å². The highest BCUT2D eigenvalue weighted by molar-refractivity contribution is 5.79. The average molecular weight is 488 g/mol. The van der Waals surface area contributed by atoms with E-state index in [0.29, 0.717) is 11.8 Å². The summed E-state index contributed by atoms with van der Waals surface area (Å²) in [5.74, 6) is 0.905. The van der Waals surface area contributed by atoms with Gasteiger partial charge in [-0.15, -0.1) is 0 Å². The molecule has 1 saturated carbocycles. The number of carbonyl (C=O) groups is 1. The molecule has 0 radical (unpaired) electrons. The van der Waals surface area contributed by atoms with Crippen LogP contribution in [-0.4, -0.2) is 39.0 Å². The van der Waals surface area contributed by atoms with Crippen molar-refractivity contribution < 1.29 is 4.79 Å². The first-order valence-corrected chi connectivity index (χ1v) is 13.6. The first kappa shape index (κ1) is 24.8. The number of aryl methyl sites for hydroxylation is 1. The molecule has 192 valence electrons. The monoisotopic (exact) mass is 487 g/mol. The minimum atomic E-state index is -0.0682. The first-order chi connectivity index (χ1) is 17.1. The predicted molar refractivity (Wildman–Crippen MR) is 146 cm³/mol. The maximum atomic E-state index is 13.5. The Labute approximate surface area is 215 Å². The third kappa shape index (κ3) is 4.51. The van der Waals surface area contributed by atoms with E-state index in [1.54, 1.807) is 0 Å². The SMILES string of the molecule is Cc1cc2ncc3c(n2n1)C(C)CCN3c1ccc([C@H](N(C)C(=O)C2CCCCC2)C(C)(C)C)cc1. The van der Waals surface area contributed by atoms with Crippen LogP contribution >= 0.6 is 0 Å².